The first kappa shape index (κ1) is 9.67. The Hall–Kier alpha value is -0.881. The average Bonchev–Trinajstić information content (AvgIpc) is 2.65. The van der Waals surface area contributed by atoms with Crippen molar-refractivity contribution in [3.8, 4) is 16.1 Å². The molecule has 2 heterocycles. The third-order valence-electron chi connectivity index (χ3n) is 1.74. The van der Waals surface area contributed by atoms with E-state index in [1.54, 1.807) is 12.3 Å². The van der Waals surface area contributed by atoms with Gasteiger partial charge in [0, 0.05) is 0 Å². The molecule has 0 fully saturated rings. The molecule has 0 amide bonds. The molecule has 0 aliphatic heterocycles. The van der Waals surface area contributed by atoms with Crippen molar-refractivity contribution < 1.29 is 0 Å². The molecule has 68 valence electrons. The van der Waals surface area contributed by atoms with Crippen LogP contribution in [0.4, 0.5) is 0 Å². The molecule has 2 rings (SSSR count). The van der Waals surface area contributed by atoms with Crippen molar-refractivity contribution in [2.45, 2.75) is 0 Å². The summed E-state index contributed by atoms with van der Waals surface area (Å²) < 4.78 is 2.53. The van der Waals surface area contributed by atoms with E-state index in [9.17, 15) is 0 Å². The SMILES string of the molecule is N#Cc1ccc(-c2ccc(Br)[se]2)cn1. The molecule has 0 saturated carbocycles. The van der Waals surface area contributed by atoms with Gasteiger partial charge in [-0.05, 0) is 0 Å². The van der Waals surface area contributed by atoms with Crippen LogP contribution in [0, 0.1) is 11.3 Å². The summed E-state index contributed by atoms with van der Waals surface area (Å²) in [5.74, 6) is 0. The van der Waals surface area contributed by atoms with Crippen molar-refractivity contribution in [1.29, 1.82) is 5.26 Å². The van der Waals surface area contributed by atoms with Gasteiger partial charge in [0.2, 0.25) is 0 Å². The maximum absolute atomic E-state index is 8.59. The van der Waals surface area contributed by atoms with Crippen molar-refractivity contribution >= 4 is 30.4 Å². The van der Waals surface area contributed by atoms with E-state index in [1.165, 1.54) is 7.78 Å². The second kappa shape index (κ2) is 4.10. The Bertz CT molecular complexity index is 482. The Morgan fingerprint density at radius 1 is 1.29 bits per heavy atom. The quantitative estimate of drug-likeness (QED) is 0.759. The van der Waals surface area contributed by atoms with Gasteiger partial charge in [0.15, 0.2) is 0 Å². The van der Waals surface area contributed by atoms with Crippen LogP contribution in [0.5, 0.6) is 0 Å². The molecule has 0 saturated heterocycles. The predicted octanol–water partition coefficient (Wildman–Crippen LogP) is 2.44. The summed E-state index contributed by atoms with van der Waals surface area (Å²) in [5.41, 5.74) is 1.57. The number of nitriles is 1. The van der Waals surface area contributed by atoms with E-state index in [1.807, 2.05) is 12.1 Å². The van der Waals surface area contributed by atoms with E-state index in [0.29, 0.717) is 20.2 Å². The Kier molecular flexibility index (Phi) is 2.83. The van der Waals surface area contributed by atoms with E-state index in [-0.39, 0.29) is 0 Å². The summed E-state index contributed by atoms with van der Waals surface area (Å²) in [5, 5.41) is 8.59. The Morgan fingerprint density at radius 2 is 2.14 bits per heavy atom. The predicted molar refractivity (Wildman–Crippen MR) is 59.0 cm³/mol. The normalized spacial score (nSPS) is 9.71. The molecule has 0 N–H and O–H groups in total. The summed E-state index contributed by atoms with van der Waals surface area (Å²) >= 11 is 3.83. The third-order valence-corrected chi connectivity index (χ3v) is 4.78. The minimum absolute atomic E-state index is 0.357. The molecule has 0 aliphatic carbocycles. The molecule has 0 bridgehead atoms. The number of rotatable bonds is 1. The fourth-order valence-electron chi connectivity index (χ4n) is 1.08. The molecular formula is C10H5BrN2Se. The van der Waals surface area contributed by atoms with Crippen LogP contribution in [-0.4, -0.2) is 19.5 Å². The molecule has 0 radical (unpaired) electrons. The van der Waals surface area contributed by atoms with Crippen LogP contribution in [0.3, 0.4) is 0 Å². The fourth-order valence-corrected chi connectivity index (χ4v) is 3.63. The zero-order valence-electron chi connectivity index (χ0n) is 7.07. The van der Waals surface area contributed by atoms with Gasteiger partial charge in [-0.15, -0.1) is 0 Å². The van der Waals surface area contributed by atoms with E-state index in [2.05, 4.69) is 33.0 Å². The summed E-state index contributed by atoms with van der Waals surface area (Å²) in [6.07, 6.45) is 1.76. The van der Waals surface area contributed by atoms with Crippen LogP contribution >= 0.6 is 15.9 Å². The van der Waals surface area contributed by atoms with Crippen LogP contribution in [0.15, 0.2) is 33.8 Å². The van der Waals surface area contributed by atoms with Crippen molar-refractivity contribution in [2.75, 3.05) is 0 Å². The van der Waals surface area contributed by atoms with Crippen LogP contribution in [0.2, 0.25) is 0 Å². The second-order valence-electron chi connectivity index (χ2n) is 2.65. The summed E-state index contributed by atoms with van der Waals surface area (Å²) in [4.78, 5) is 4.04. The van der Waals surface area contributed by atoms with Crippen LogP contribution in [-0.2, 0) is 0 Å². The Morgan fingerprint density at radius 3 is 2.64 bits per heavy atom. The zero-order chi connectivity index (χ0) is 9.97. The molecule has 2 aromatic rings. The van der Waals surface area contributed by atoms with Gasteiger partial charge in [-0.1, -0.05) is 0 Å². The first-order chi connectivity index (χ1) is 6.79. The third kappa shape index (κ3) is 1.96. The molecule has 0 unspecified atom stereocenters. The van der Waals surface area contributed by atoms with Gasteiger partial charge in [-0.2, -0.15) is 0 Å². The first-order valence-electron chi connectivity index (χ1n) is 3.91. The van der Waals surface area contributed by atoms with Gasteiger partial charge in [0.05, 0.1) is 0 Å². The minimum atomic E-state index is 0.357. The maximum atomic E-state index is 8.59. The van der Waals surface area contributed by atoms with Crippen LogP contribution < -0.4 is 0 Å². The van der Waals surface area contributed by atoms with Gasteiger partial charge >= 0.3 is 96.3 Å². The van der Waals surface area contributed by atoms with Gasteiger partial charge in [0.25, 0.3) is 0 Å². The van der Waals surface area contributed by atoms with Crippen LogP contribution in [0.1, 0.15) is 5.69 Å². The van der Waals surface area contributed by atoms with E-state index >= 15 is 0 Å². The summed E-state index contributed by atoms with van der Waals surface area (Å²) in [7, 11) is 0. The molecule has 0 aliphatic rings. The first-order valence-corrected chi connectivity index (χ1v) is 6.42. The van der Waals surface area contributed by atoms with Crippen LogP contribution in [0.25, 0.3) is 10.0 Å². The summed E-state index contributed by atoms with van der Waals surface area (Å²) in [6, 6.07) is 9.85. The van der Waals surface area contributed by atoms with Gasteiger partial charge in [-0.3, -0.25) is 0 Å². The standard InChI is InChI=1S/C10H5BrN2Se/c11-10-4-3-9(14-10)7-1-2-8(5-12)13-6-7/h1-4,6H. The fraction of sp³-hybridized carbons (Fsp3) is 0. The number of hydrogen-bond donors (Lipinski definition) is 0. The zero-order valence-corrected chi connectivity index (χ0v) is 10.4. The number of pyridine rings is 1. The van der Waals surface area contributed by atoms with Crippen molar-refractivity contribution in [3.63, 3.8) is 0 Å². The number of hydrogen-bond acceptors (Lipinski definition) is 2. The van der Waals surface area contributed by atoms with E-state index in [0.717, 1.165) is 5.56 Å². The molecule has 0 aromatic carbocycles. The molecule has 4 heteroatoms. The molecule has 0 spiro atoms. The van der Waals surface area contributed by atoms with Crippen molar-refractivity contribution in [3.05, 3.63) is 39.5 Å². The van der Waals surface area contributed by atoms with Crippen molar-refractivity contribution in [2.24, 2.45) is 0 Å². The van der Waals surface area contributed by atoms with E-state index < -0.39 is 0 Å². The molecular weight excluding hydrogens is 307 g/mol. The topological polar surface area (TPSA) is 36.7 Å². The van der Waals surface area contributed by atoms with Crippen molar-refractivity contribution in [1.82, 2.24) is 4.98 Å². The molecule has 2 nitrogen and oxygen atoms in total. The number of nitrogens with zero attached hydrogens (tertiary/aromatic N) is 2. The summed E-state index contributed by atoms with van der Waals surface area (Å²) in [6.45, 7) is 0. The van der Waals surface area contributed by atoms with E-state index in [4.69, 9.17) is 5.26 Å². The number of aromatic nitrogens is 1. The molecule has 14 heavy (non-hydrogen) atoms. The second-order valence-corrected chi connectivity index (χ2v) is 6.96. The molecule has 0 atom stereocenters. The van der Waals surface area contributed by atoms with Gasteiger partial charge < -0.3 is 0 Å². The monoisotopic (exact) mass is 312 g/mol. The Balaban J connectivity index is 2.39. The average molecular weight is 312 g/mol. The number of halogens is 1. The van der Waals surface area contributed by atoms with Gasteiger partial charge in [0.1, 0.15) is 0 Å². The Labute approximate surface area is 96.1 Å². The molecule has 2 aromatic heterocycles. The van der Waals surface area contributed by atoms with Gasteiger partial charge in [-0.25, -0.2) is 0 Å².